The summed E-state index contributed by atoms with van der Waals surface area (Å²) < 4.78 is 6.19. The normalized spacial score (nSPS) is 35.9. The van der Waals surface area contributed by atoms with Crippen molar-refractivity contribution >= 4 is 0 Å². The average Bonchev–Trinajstić information content (AvgIpc) is 2.52. The average molecular weight is 258 g/mol. The Bertz CT molecular complexity index is 548. The lowest BCUT2D eigenvalue weighted by atomic mass is 9.96. The van der Waals surface area contributed by atoms with Crippen LogP contribution in [-0.4, -0.2) is 49.3 Å². The molecule has 100 valence electrons. The van der Waals surface area contributed by atoms with Crippen molar-refractivity contribution < 1.29 is 20.1 Å². The highest BCUT2D eigenvalue weighted by molar-refractivity contribution is 5.00. The highest BCUT2D eigenvalue weighted by Crippen LogP contribution is 2.36. The van der Waals surface area contributed by atoms with E-state index in [0.717, 1.165) is 16.8 Å². The molecule has 18 heavy (non-hydrogen) atoms. The van der Waals surface area contributed by atoms with Crippen LogP contribution in [0.5, 0.6) is 0 Å². The Morgan fingerprint density at radius 2 is 2.22 bits per heavy atom. The van der Waals surface area contributed by atoms with Crippen LogP contribution in [0.3, 0.4) is 0 Å². The van der Waals surface area contributed by atoms with Crippen molar-refractivity contribution in [3.63, 3.8) is 0 Å². The number of hydrogen-bond acceptors (Lipinski definition) is 6. The van der Waals surface area contributed by atoms with Crippen LogP contribution in [0.2, 0.25) is 0 Å². The zero-order chi connectivity index (χ0) is 13.5. The van der Waals surface area contributed by atoms with Crippen molar-refractivity contribution in [3.8, 4) is 0 Å². The molecule has 0 aromatic carbocycles. The molecule has 0 aliphatic carbocycles. The Hall–Kier alpha value is -1.48. The van der Waals surface area contributed by atoms with Gasteiger partial charge >= 0.3 is 5.69 Å². The minimum atomic E-state index is -1.75. The molecule has 0 unspecified atom stereocenters. The summed E-state index contributed by atoms with van der Waals surface area (Å²) in [4.78, 5) is 24.5. The van der Waals surface area contributed by atoms with E-state index in [1.807, 2.05) is 4.98 Å². The van der Waals surface area contributed by atoms with Crippen molar-refractivity contribution in [3.05, 3.63) is 33.1 Å². The van der Waals surface area contributed by atoms with Crippen molar-refractivity contribution in [2.45, 2.75) is 31.0 Å². The first-order valence-corrected chi connectivity index (χ1v) is 5.36. The van der Waals surface area contributed by atoms with Gasteiger partial charge in [-0.1, -0.05) is 0 Å². The van der Waals surface area contributed by atoms with Crippen LogP contribution in [0.1, 0.15) is 13.2 Å². The fourth-order valence-corrected chi connectivity index (χ4v) is 2.00. The molecule has 1 saturated heterocycles. The molecule has 1 fully saturated rings. The first-order valence-electron chi connectivity index (χ1n) is 5.36. The highest BCUT2D eigenvalue weighted by Gasteiger charge is 2.53. The summed E-state index contributed by atoms with van der Waals surface area (Å²) in [7, 11) is 0. The number of aromatic nitrogens is 2. The van der Waals surface area contributed by atoms with Gasteiger partial charge in [0.05, 0.1) is 6.61 Å². The molecule has 0 bridgehead atoms. The second-order valence-electron chi connectivity index (χ2n) is 4.40. The van der Waals surface area contributed by atoms with Crippen LogP contribution >= 0.6 is 0 Å². The maximum absolute atomic E-state index is 11.6. The summed E-state index contributed by atoms with van der Waals surface area (Å²) in [5.41, 5.74) is -3.10. The third-order valence-electron chi connectivity index (χ3n) is 3.04. The number of aliphatic hydroxyl groups is 3. The number of ether oxygens (including phenoxy) is 1. The summed E-state index contributed by atoms with van der Waals surface area (Å²) in [5.74, 6) is 0. The lowest BCUT2D eigenvalue weighted by molar-refractivity contribution is -0.0987. The van der Waals surface area contributed by atoms with Crippen molar-refractivity contribution in [1.29, 1.82) is 0 Å². The molecule has 4 N–H and O–H groups in total. The largest absolute Gasteiger partial charge is 0.394 e. The molecule has 0 saturated carbocycles. The van der Waals surface area contributed by atoms with Crippen LogP contribution in [0.4, 0.5) is 0 Å². The summed E-state index contributed by atoms with van der Waals surface area (Å²) in [6, 6.07) is 1.10. The van der Waals surface area contributed by atoms with E-state index in [1.165, 1.54) is 6.92 Å². The van der Waals surface area contributed by atoms with Gasteiger partial charge < -0.3 is 20.1 Å². The van der Waals surface area contributed by atoms with Gasteiger partial charge in [0.2, 0.25) is 0 Å². The molecule has 2 rings (SSSR count). The number of rotatable bonds is 2. The molecule has 0 radical (unpaired) electrons. The second-order valence-corrected chi connectivity index (χ2v) is 4.40. The Balaban J connectivity index is 2.45. The topological polar surface area (TPSA) is 125 Å². The van der Waals surface area contributed by atoms with E-state index in [9.17, 15) is 19.8 Å². The predicted octanol–water partition coefficient (Wildman–Crippen LogP) is -2.46. The van der Waals surface area contributed by atoms with E-state index in [2.05, 4.69) is 0 Å². The summed E-state index contributed by atoms with van der Waals surface area (Å²) in [6.07, 6.45) is -2.36. The first-order chi connectivity index (χ1) is 8.37. The lowest BCUT2D eigenvalue weighted by Crippen LogP contribution is -2.46. The molecule has 8 nitrogen and oxygen atoms in total. The molecular formula is C10H14N2O6. The Kier molecular flexibility index (Phi) is 3.11. The highest BCUT2D eigenvalue weighted by atomic mass is 16.6. The molecule has 4 atom stereocenters. The molecule has 0 amide bonds. The number of nitrogens with one attached hydrogen (secondary N) is 1. The summed E-state index contributed by atoms with van der Waals surface area (Å²) in [6.45, 7) is 0.793. The van der Waals surface area contributed by atoms with Crippen molar-refractivity contribution in [1.82, 2.24) is 9.55 Å². The van der Waals surface area contributed by atoms with E-state index >= 15 is 0 Å². The van der Waals surface area contributed by atoms with E-state index in [-0.39, 0.29) is 0 Å². The number of H-pyrrole nitrogens is 1. The lowest BCUT2D eigenvalue weighted by Gasteiger charge is -2.27. The van der Waals surface area contributed by atoms with Crippen LogP contribution in [-0.2, 0) is 4.74 Å². The zero-order valence-electron chi connectivity index (χ0n) is 9.61. The number of aliphatic hydroxyl groups excluding tert-OH is 2. The molecule has 1 aliphatic heterocycles. The minimum Gasteiger partial charge on any atom is -0.394 e. The van der Waals surface area contributed by atoms with Gasteiger partial charge in [0.15, 0.2) is 6.23 Å². The van der Waals surface area contributed by atoms with E-state index in [0.29, 0.717) is 0 Å². The fourth-order valence-electron chi connectivity index (χ4n) is 2.00. The Morgan fingerprint density at radius 3 is 2.72 bits per heavy atom. The van der Waals surface area contributed by atoms with Crippen molar-refractivity contribution in [2.24, 2.45) is 0 Å². The zero-order valence-corrected chi connectivity index (χ0v) is 9.61. The molecule has 2 heterocycles. The standard InChI is InChI=1S/C10H14N2O6/c1-10(17)7(15)5(4-13)18-8(10)12-3-2-6(14)11-9(12)16/h2-3,5,7-8,13,15,17H,4H2,1H3,(H,11,14,16)/t5-,7-,8-,10-/m0/s1. The van der Waals surface area contributed by atoms with Gasteiger partial charge in [-0.05, 0) is 6.92 Å². The first kappa shape index (κ1) is 13.0. The van der Waals surface area contributed by atoms with Gasteiger partial charge in [-0.15, -0.1) is 0 Å². The van der Waals surface area contributed by atoms with Crippen LogP contribution in [0, 0.1) is 0 Å². The van der Waals surface area contributed by atoms with E-state index < -0.39 is 41.9 Å². The SMILES string of the molecule is C[C@@]1(O)[C@@H](n2ccc(=O)[nH]c2=O)O[C@@H](CO)[C@@H]1O. The maximum atomic E-state index is 11.6. The number of hydrogen-bond donors (Lipinski definition) is 4. The quantitative estimate of drug-likeness (QED) is 0.466. The molecular weight excluding hydrogens is 244 g/mol. The monoisotopic (exact) mass is 258 g/mol. The molecule has 1 aliphatic rings. The van der Waals surface area contributed by atoms with Gasteiger partial charge in [0.1, 0.15) is 17.8 Å². The van der Waals surface area contributed by atoms with Gasteiger partial charge in [-0.2, -0.15) is 0 Å². The second kappa shape index (κ2) is 4.32. The van der Waals surface area contributed by atoms with Gasteiger partial charge in [0, 0.05) is 12.3 Å². The number of aromatic amines is 1. The third kappa shape index (κ3) is 1.89. The molecule has 0 spiro atoms. The van der Waals surface area contributed by atoms with E-state index in [1.54, 1.807) is 0 Å². The van der Waals surface area contributed by atoms with Crippen LogP contribution < -0.4 is 11.2 Å². The minimum absolute atomic E-state index is 0.494. The summed E-state index contributed by atoms with van der Waals surface area (Å²) in [5, 5.41) is 28.9. The molecule has 8 heteroatoms. The van der Waals surface area contributed by atoms with Gasteiger partial charge in [-0.25, -0.2) is 4.79 Å². The Labute approximate surface area is 101 Å². The van der Waals surface area contributed by atoms with Crippen molar-refractivity contribution in [2.75, 3.05) is 6.61 Å². The fraction of sp³-hybridized carbons (Fsp3) is 0.600. The van der Waals surface area contributed by atoms with Gasteiger partial charge in [0.25, 0.3) is 5.56 Å². The predicted molar refractivity (Wildman–Crippen MR) is 58.9 cm³/mol. The third-order valence-corrected chi connectivity index (χ3v) is 3.04. The summed E-state index contributed by atoms with van der Waals surface area (Å²) >= 11 is 0. The van der Waals surface area contributed by atoms with Crippen LogP contribution in [0.15, 0.2) is 21.9 Å². The number of nitrogens with zero attached hydrogens (tertiary/aromatic N) is 1. The molecule has 1 aromatic heterocycles. The molecule has 1 aromatic rings. The Morgan fingerprint density at radius 1 is 1.56 bits per heavy atom. The van der Waals surface area contributed by atoms with Gasteiger partial charge in [-0.3, -0.25) is 14.3 Å². The van der Waals surface area contributed by atoms with E-state index in [4.69, 9.17) is 9.84 Å². The smallest absolute Gasteiger partial charge is 0.330 e. The van der Waals surface area contributed by atoms with Crippen LogP contribution in [0.25, 0.3) is 0 Å². The maximum Gasteiger partial charge on any atom is 0.330 e.